The first-order valence-corrected chi connectivity index (χ1v) is 24.0. The Balaban J connectivity index is 0.000000201. The van der Waals surface area contributed by atoms with Crippen molar-refractivity contribution < 1.29 is 20.1 Å². The number of pyridine rings is 2. The summed E-state index contributed by atoms with van der Waals surface area (Å²) in [4.78, 5) is 9.23. The van der Waals surface area contributed by atoms with E-state index in [1.54, 1.807) is 0 Å². The van der Waals surface area contributed by atoms with E-state index >= 15 is 0 Å². The molecule has 0 fully saturated rings. The SMILES string of the molecule is [CH3][Ge]([CH3])([CH3])[c]1ccc(-c2[c-]cccc2)nc1.[Ir].[c-]1ccc2c(sc3cc(-c4ccccc4)ccc32)c1-c1cc(-c2ccccc2)ccn1. The molecule has 0 amide bonds. The minimum Gasteiger partial charge on any atom is -0.305 e. The van der Waals surface area contributed by atoms with Crippen LogP contribution in [0.15, 0.2) is 152 Å². The van der Waals surface area contributed by atoms with Gasteiger partial charge in [-0.05, 0) is 50.2 Å². The molecule has 8 rings (SSSR count). The van der Waals surface area contributed by atoms with Gasteiger partial charge >= 0.3 is 99.8 Å². The predicted octanol–water partition coefficient (Wildman–Crippen LogP) is 11.3. The van der Waals surface area contributed by atoms with E-state index in [0.29, 0.717) is 0 Å². The fraction of sp³-hybridized carbons (Fsp3) is 0.0698. The Morgan fingerprint density at radius 2 is 1.27 bits per heavy atom. The normalized spacial score (nSPS) is 11.1. The molecule has 8 aromatic rings. The maximum atomic E-state index is 4.70. The van der Waals surface area contributed by atoms with E-state index in [1.165, 1.54) is 46.8 Å². The Morgan fingerprint density at radius 1 is 0.562 bits per heavy atom. The molecule has 3 aromatic heterocycles. The van der Waals surface area contributed by atoms with E-state index in [2.05, 4.69) is 138 Å². The van der Waals surface area contributed by atoms with Crippen LogP contribution in [-0.2, 0) is 20.1 Å². The zero-order valence-corrected chi connectivity index (χ0v) is 32.4. The molecule has 0 aliphatic rings. The van der Waals surface area contributed by atoms with Crippen molar-refractivity contribution in [2.45, 2.75) is 17.3 Å². The van der Waals surface area contributed by atoms with Crippen molar-refractivity contribution in [1.29, 1.82) is 0 Å². The molecule has 3 heterocycles. The Bertz CT molecular complexity index is 2260. The zero-order valence-electron chi connectivity index (χ0n) is 27.1. The number of benzene rings is 5. The van der Waals surface area contributed by atoms with Crippen LogP contribution in [0, 0.1) is 12.1 Å². The molecule has 2 nitrogen and oxygen atoms in total. The maximum absolute atomic E-state index is 4.70. The average molecular weight is 876 g/mol. The van der Waals surface area contributed by atoms with Gasteiger partial charge in [-0.3, -0.25) is 0 Å². The fourth-order valence-corrected chi connectivity index (χ4v) is 9.09. The second-order valence-corrected chi connectivity index (χ2v) is 24.2. The van der Waals surface area contributed by atoms with E-state index in [4.69, 9.17) is 4.98 Å². The Labute approximate surface area is 303 Å². The fourth-order valence-electron chi connectivity index (χ4n) is 5.67. The molecule has 0 saturated carbocycles. The first kappa shape index (κ1) is 33.7. The van der Waals surface area contributed by atoms with Gasteiger partial charge in [-0.25, -0.2) is 0 Å². The molecule has 0 bridgehead atoms. The third kappa shape index (κ3) is 7.43. The van der Waals surface area contributed by atoms with Gasteiger partial charge in [0.2, 0.25) is 0 Å². The summed E-state index contributed by atoms with van der Waals surface area (Å²) in [6.07, 6.45) is 3.93. The number of rotatable bonds is 5. The summed E-state index contributed by atoms with van der Waals surface area (Å²) >= 11 is 0.106. The maximum Gasteiger partial charge on any atom is 0.0245 e. The van der Waals surface area contributed by atoms with E-state index < -0.39 is 13.3 Å². The first-order chi connectivity index (χ1) is 22.9. The quantitative estimate of drug-likeness (QED) is 0.127. The summed E-state index contributed by atoms with van der Waals surface area (Å²) in [5.74, 6) is 7.14. The molecule has 5 heteroatoms. The van der Waals surface area contributed by atoms with Crippen molar-refractivity contribution in [3.8, 4) is 44.8 Å². The zero-order chi connectivity index (χ0) is 32.2. The van der Waals surface area contributed by atoms with Crippen LogP contribution in [0.2, 0.25) is 17.3 Å². The number of hydrogen-bond acceptors (Lipinski definition) is 3. The minimum absolute atomic E-state index is 0. The largest absolute Gasteiger partial charge is 0.305 e. The van der Waals surface area contributed by atoms with Gasteiger partial charge in [0.25, 0.3) is 0 Å². The summed E-state index contributed by atoms with van der Waals surface area (Å²) in [5.41, 5.74) is 8.96. The van der Waals surface area contributed by atoms with Gasteiger partial charge in [-0.2, -0.15) is 11.3 Å². The molecule has 5 aromatic carbocycles. The van der Waals surface area contributed by atoms with Crippen LogP contribution in [-0.4, -0.2) is 23.2 Å². The van der Waals surface area contributed by atoms with Gasteiger partial charge < -0.3 is 4.98 Å². The third-order valence-corrected chi connectivity index (χ3v) is 13.7. The molecular weight excluding hydrogens is 841 g/mol. The standard InChI is InChI=1S/C29H18NS.C14H16GeN.Ir/c1-3-8-20(9-4-1)22-14-15-24-25-12-7-13-26(29(25)31-28(24)19-22)27-18-23(16-17-30-27)21-10-5-2-6-11-21;1-15(2,3)13-9-10-14(16-11-13)12-7-5-4-6-8-12;/h1-12,14-19H;4-7,9-11H,1-3H3;/q2*-1;. The molecule has 0 spiro atoms. The second-order valence-electron chi connectivity index (χ2n) is 12.5. The van der Waals surface area contributed by atoms with E-state index in [9.17, 15) is 0 Å². The van der Waals surface area contributed by atoms with Gasteiger partial charge in [-0.1, -0.05) is 84.2 Å². The van der Waals surface area contributed by atoms with E-state index in [0.717, 1.165) is 22.5 Å². The van der Waals surface area contributed by atoms with Gasteiger partial charge in [0.05, 0.1) is 0 Å². The summed E-state index contributed by atoms with van der Waals surface area (Å²) in [6.45, 7) is 0. The predicted molar refractivity (Wildman–Crippen MR) is 204 cm³/mol. The van der Waals surface area contributed by atoms with Crippen molar-refractivity contribution >= 4 is 49.2 Å². The van der Waals surface area contributed by atoms with Gasteiger partial charge in [0.15, 0.2) is 0 Å². The number of nitrogens with zero attached hydrogens (tertiary/aromatic N) is 2. The Kier molecular flexibility index (Phi) is 10.5. The number of hydrogen-bond donors (Lipinski definition) is 0. The van der Waals surface area contributed by atoms with Gasteiger partial charge in [-0.15, -0.1) is 23.8 Å². The van der Waals surface area contributed by atoms with Crippen LogP contribution in [0.1, 0.15) is 0 Å². The first-order valence-electron chi connectivity index (χ1n) is 15.8. The molecule has 0 saturated heterocycles. The number of thiophene rings is 1. The smallest absolute Gasteiger partial charge is 0.0245 e. The molecule has 0 atom stereocenters. The molecular formula is C43H34GeIrN2S-2. The van der Waals surface area contributed by atoms with E-state index in [1.807, 2.05) is 60.1 Å². The Morgan fingerprint density at radius 3 is 1.92 bits per heavy atom. The van der Waals surface area contributed by atoms with Gasteiger partial charge in [0, 0.05) is 31.0 Å². The van der Waals surface area contributed by atoms with Crippen LogP contribution in [0.3, 0.4) is 0 Å². The molecule has 0 aliphatic carbocycles. The molecule has 237 valence electrons. The molecule has 0 N–H and O–H groups in total. The van der Waals surface area contributed by atoms with Crippen LogP contribution in [0.5, 0.6) is 0 Å². The van der Waals surface area contributed by atoms with Gasteiger partial charge in [0.1, 0.15) is 0 Å². The summed E-state index contributed by atoms with van der Waals surface area (Å²) < 4.78 is 3.97. The Hall–Kier alpha value is -4.19. The summed E-state index contributed by atoms with van der Waals surface area (Å²) in [5, 5.41) is 2.55. The van der Waals surface area contributed by atoms with Crippen LogP contribution in [0.4, 0.5) is 0 Å². The topological polar surface area (TPSA) is 25.8 Å². The van der Waals surface area contributed by atoms with Crippen molar-refractivity contribution in [2.24, 2.45) is 0 Å². The van der Waals surface area contributed by atoms with Crippen molar-refractivity contribution in [3.05, 3.63) is 164 Å². The summed E-state index contributed by atoms with van der Waals surface area (Å²) in [7, 11) is 0. The monoisotopic (exact) mass is 877 g/mol. The van der Waals surface area contributed by atoms with Crippen molar-refractivity contribution in [1.82, 2.24) is 9.97 Å². The van der Waals surface area contributed by atoms with Crippen LogP contribution >= 0.6 is 11.3 Å². The molecule has 1 radical (unpaired) electrons. The third-order valence-electron chi connectivity index (χ3n) is 8.28. The number of fused-ring (bicyclic) bond motifs is 3. The minimum atomic E-state index is -1.72. The molecule has 0 aliphatic heterocycles. The van der Waals surface area contributed by atoms with Crippen LogP contribution < -0.4 is 4.40 Å². The number of aromatic nitrogens is 2. The second kappa shape index (κ2) is 14.9. The van der Waals surface area contributed by atoms with Crippen LogP contribution in [0.25, 0.3) is 64.9 Å². The molecule has 48 heavy (non-hydrogen) atoms. The van der Waals surface area contributed by atoms with E-state index in [-0.39, 0.29) is 20.1 Å². The van der Waals surface area contributed by atoms with Crippen molar-refractivity contribution in [2.75, 3.05) is 0 Å². The molecule has 0 unspecified atom stereocenters. The summed E-state index contributed by atoms with van der Waals surface area (Å²) in [6, 6.07) is 55.1. The average Bonchev–Trinajstić information content (AvgIpc) is 3.51. The van der Waals surface area contributed by atoms with Crippen molar-refractivity contribution in [3.63, 3.8) is 0 Å².